The number of carbonyl (C=O) groups excluding carboxylic acids is 1. The van der Waals surface area contributed by atoms with E-state index in [1.54, 1.807) is 24.6 Å². The van der Waals surface area contributed by atoms with Crippen LogP contribution >= 0.6 is 11.3 Å². The molecule has 1 aliphatic heterocycles. The van der Waals surface area contributed by atoms with Gasteiger partial charge in [0.1, 0.15) is 16.5 Å². The van der Waals surface area contributed by atoms with Gasteiger partial charge in [-0.25, -0.2) is 4.98 Å². The molecule has 6 nitrogen and oxygen atoms in total. The summed E-state index contributed by atoms with van der Waals surface area (Å²) in [6.45, 7) is 0.750. The fourth-order valence-corrected chi connectivity index (χ4v) is 4.11. The minimum absolute atomic E-state index is 0.0165. The van der Waals surface area contributed by atoms with Crippen LogP contribution in [0.25, 0.3) is 11.3 Å². The van der Waals surface area contributed by atoms with Gasteiger partial charge in [-0.1, -0.05) is 0 Å². The molecule has 0 unspecified atom stereocenters. The molecule has 7 heteroatoms. The quantitative estimate of drug-likeness (QED) is 0.758. The summed E-state index contributed by atoms with van der Waals surface area (Å²) in [5.74, 6) is 0.775. The largest absolute Gasteiger partial charge is 0.497 e. The standard InChI is InChI=1S/C19H20N4O2S/c1-25-14-7-5-13(6-8-14)15-12-16(22-21-15)19(24)23-10-3-2-4-17(23)18-20-9-11-26-18/h5-9,11-12,17H,2-4,10H2,1H3,(H,21,22)/t17-/m1/s1. The van der Waals surface area contributed by atoms with Gasteiger partial charge in [0.2, 0.25) is 0 Å². The molecule has 26 heavy (non-hydrogen) atoms. The van der Waals surface area contributed by atoms with E-state index in [4.69, 9.17) is 4.74 Å². The number of piperidine rings is 1. The van der Waals surface area contributed by atoms with Crippen molar-refractivity contribution in [3.63, 3.8) is 0 Å². The zero-order chi connectivity index (χ0) is 17.9. The maximum Gasteiger partial charge on any atom is 0.272 e. The zero-order valence-corrected chi connectivity index (χ0v) is 15.3. The molecule has 1 N–H and O–H groups in total. The third-order valence-electron chi connectivity index (χ3n) is 4.69. The lowest BCUT2D eigenvalue weighted by atomic mass is 10.0. The Morgan fingerprint density at radius 2 is 2.15 bits per heavy atom. The molecule has 0 radical (unpaired) electrons. The summed E-state index contributed by atoms with van der Waals surface area (Å²) in [6, 6.07) is 9.51. The van der Waals surface area contributed by atoms with Gasteiger partial charge >= 0.3 is 0 Å². The van der Waals surface area contributed by atoms with Crippen molar-refractivity contribution in [2.45, 2.75) is 25.3 Å². The van der Waals surface area contributed by atoms with Gasteiger partial charge in [-0.05, 0) is 49.6 Å². The smallest absolute Gasteiger partial charge is 0.272 e. The molecule has 3 heterocycles. The highest BCUT2D eigenvalue weighted by Crippen LogP contribution is 2.33. The minimum Gasteiger partial charge on any atom is -0.497 e. The van der Waals surface area contributed by atoms with Crippen LogP contribution in [0, 0.1) is 0 Å². The number of thiazole rings is 1. The van der Waals surface area contributed by atoms with Crippen LogP contribution in [0.1, 0.15) is 40.8 Å². The number of benzene rings is 1. The van der Waals surface area contributed by atoms with Gasteiger partial charge in [-0.2, -0.15) is 5.10 Å². The van der Waals surface area contributed by atoms with Crippen molar-refractivity contribution < 1.29 is 9.53 Å². The van der Waals surface area contributed by atoms with Crippen molar-refractivity contribution in [2.24, 2.45) is 0 Å². The van der Waals surface area contributed by atoms with E-state index in [0.717, 1.165) is 47.8 Å². The highest BCUT2D eigenvalue weighted by molar-refractivity contribution is 7.09. The Labute approximate surface area is 155 Å². The third kappa shape index (κ3) is 3.22. The van der Waals surface area contributed by atoms with Gasteiger partial charge in [0.15, 0.2) is 0 Å². The normalized spacial score (nSPS) is 17.3. The summed E-state index contributed by atoms with van der Waals surface area (Å²) in [7, 11) is 1.64. The van der Waals surface area contributed by atoms with Gasteiger partial charge in [-0.15, -0.1) is 11.3 Å². The van der Waals surface area contributed by atoms with E-state index in [-0.39, 0.29) is 11.9 Å². The highest BCUT2D eigenvalue weighted by Gasteiger charge is 2.31. The van der Waals surface area contributed by atoms with Gasteiger partial charge in [0.25, 0.3) is 5.91 Å². The van der Waals surface area contributed by atoms with E-state index in [1.165, 1.54) is 0 Å². The van der Waals surface area contributed by atoms with Crippen LogP contribution in [0.4, 0.5) is 0 Å². The molecule has 0 saturated carbocycles. The number of nitrogens with zero attached hydrogens (tertiary/aromatic N) is 3. The fraction of sp³-hybridized carbons (Fsp3) is 0.316. The molecule has 1 amide bonds. The van der Waals surface area contributed by atoms with Gasteiger partial charge in [0, 0.05) is 23.7 Å². The number of methoxy groups -OCH3 is 1. The monoisotopic (exact) mass is 368 g/mol. The molecule has 1 atom stereocenters. The van der Waals surface area contributed by atoms with Gasteiger partial charge < -0.3 is 9.64 Å². The molecule has 3 aromatic rings. The number of amides is 1. The Bertz CT molecular complexity index is 873. The predicted octanol–water partition coefficient (Wildman–Crippen LogP) is 3.91. The number of carbonyl (C=O) groups is 1. The molecule has 1 saturated heterocycles. The summed E-state index contributed by atoms with van der Waals surface area (Å²) in [5.41, 5.74) is 2.20. The first kappa shape index (κ1) is 16.8. The second kappa shape index (κ2) is 7.29. The molecular weight excluding hydrogens is 348 g/mol. The number of likely N-dealkylation sites (tertiary alicyclic amines) is 1. The van der Waals surface area contributed by atoms with Crippen molar-refractivity contribution >= 4 is 17.2 Å². The highest BCUT2D eigenvalue weighted by atomic mass is 32.1. The number of hydrogen-bond donors (Lipinski definition) is 1. The molecule has 2 aromatic heterocycles. The second-order valence-corrected chi connectivity index (χ2v) is 7.20. The van der Waals surface area contributed by atoms with E-state index in [0.29, 0.717) is 5.69 Å². The number of rotatable bonds is 4. The van der Waals surface area contributed by atoms with E-state index in [1.807, 2.05) is 40.6 Å². The van der Waals surface area contributed by atoms with E-state index in [2.05, 4.69) is 15.2 Å². The molecular formula is C19H20N4O2S. The Morgan fingerprint density at radius 3 is 2.88 bits per heavy atom. The summed E-state index contributed by atoms with van der Waals surface area (Å²) >= 11 is 1.61. The maximum absolute atomic E-state index is 13.1. The second-order valence-electron chi connectivity index (χ2n) is 6.28. The molecule has 0 spiro atoms. The lowest BCUT2D eigenvalue weighted by Gasteiger charge is -2.34. The average Bonchev–Trinajstić information content (AvgIpc) is 3.40. The molecule has 134 valence electrons. The maximum atomic E-state index is 13.1. The third-order valence-corrected chi connectivity index (χ3v) is 5.57. The van der Waals surface area contributed by atoms with Crippen molar-refractivity contribution in [1.29, 1.82) is 0 Å². The molecule has 1 fully saturated rings. The molecule has 0 aliphatic carbocycles. The first-order valence-corrected chi connectivity index (χ1v) is 9.54. The number of aromatic amines is 1. The van der Waals surface area contributed by atoms with Crippen LogP contribution in [0.2, 0.25) is 0 Å². The van der Waals surface area contributed by atoms with Crippen LogP contribution in [0.3, 0.4) is 0 Å². The first-order chi connectivity index (χ1) is 12.8. The number of ether oxygens (including phenoxy) is 1. The fourth-order valence-electron chi connectivity index (χ4n) is 3.33. The Balaban J connectivity index is 1.56. The van der Waals surface area contributed by atoms with Crippen molar-refractivity contribution in [1.82, 2.24) is 20.1 Å². The predicted molar refractivity (Wildman–Crippen MR) is 100 cm³/mol. The van der Waals surface area contributed by atoms with Crippen molar-refractivity contribution in [3.8, 4) is 17.0 Å². The van der Waals surface area contributed by atoms with Crippen LogP contribution < -0.4 is 4.74 Å². The van der Waals surface area contributed by atoms with E-state index < -0.39 is 0 Å². The Morgan fingerprint density at radius 1 is 1.31 bits per heavy atom. The number of aromatic nitrogens is 3. The molecule has 1 aromatic carbocycles. The zero-order valence-electron chi connectivity index (χ0n) is 14.5. The summed E-state index contributed by atoms with van der Waals surface area (Å²) < 4.78 is 5.18. The van der Waals surface area contributed by atoms with E-state index >= 15 is 0 Å². The summed E-state index contributed by atoms with van der Waals surface area (Å²) in [4.78, 5) is 19.4. The van der Waals surface area contributed by atoms with E-state index in [9.17, 15) is 4.79 Å². The molecule has 4 rings (SSSR count). The first-order valence-electron chi connectivity index (χ1n) is 8.66. The van der Waals surface area contributed by atoms with Crippen molar-refractivity contribution in [2.75, 3.05) is 13.7 Å². The van der Waals surface area contributed by atoms with Gasteiger partial charge in [0.05, 0.1) is 18.8 Å². The van der Waals surface area contributed by atoms with Crippen LogP contribution in [0.15, 0.2) is 41.9 Å². The SMILES string of the molecule is COc1ccc(-c2cc(C(=O)N3CCCC[C@@H]3c3nccs3)[nH]n2)cc1. The van der Waals surface area contributed by atoms with Gasteiger partial charge in [-0.3, -0.25) is 9.89 Å². The van der Waals surface area contributed by atoms with Crippen LogP contribution in [-0.2, 0) is 0 Å². The number of hydrogen-bond acceptors (Lipinski definition) is 5. The lowest BCUT2D eigenvalue weighted by molar-refractivity contribution is 0.0605. The number of nitrogens with one attached hydrogen (secondary N) is 1. The lowest BCUT2D eigenvalue weighted by Crippen LogP contribution is -2.38. The Kier molecular flexibility index (Phi) is 4.71. The van der Waals surface area contributed by atoms with Crippen molar-refractivity contribution in [3.05, 3.63) is 52.6 Å². The van der Waals surface area contributed by atoms with Crippen LogP contribution in [0.5, 0.6) is 5.75 Å². The average molecular weight is 368 g/mol. The molecule has 1 aliphatic rings. The minimum atomic E-state index is -0.0165. The topological polar surface area (TPSA) is 71.1 Å². The number of H-pyrrole nitrogens is 1. The molecule has 0 bridgehead atoms. The van der Waals surface area contributed by atoms with Crippen LogP contribution in [-0.4, -0.2) is 39.6 Å². The Hall–Kier alpha value is -2.67. The summed E-state index contributed by atoms with van der Waals surface area (Å²) in [6.07, 6.45) is 4.90. The summed E-state index contributed by atoms with van der Waals surface area (Å²) in [5, 5.41) is 10.2.